The van der Waals surface area contributed by atoms with Crippen molar-refractivity contribution in [2.24, 2.45) is 0 Å². The zero-order valence-corrected chi connectivity index (χ0v) is 7.58. The Morgan fingerprint density at radius 3 is 2.82 bits per heavy atom. The molecule has 1 rings (SSSR count). The van der Waals surface area contributed by atoms with E-state index in [4.69, 9.17) is 11.6 Å². The van der Waals surface area contributed by atoms with Crippen LogP contribution in [0.1, 0.15) is 9.75 Å². The first-order valence-corrected chi connectivity index (χ1v) is 4.31. The predicted octanol–water partition coefficient (Wildman–Crippen LogP) is 2.84. The average molecular weight is 187 g/mol. The van der Waals surface area contributed by atoms with Gasteiger partial charge in [0.25, 0.3) is 0 Å². The highest BCUT2D eigenvalue weighted by Gasteiger charge is 1.99. The molecule has 0 bridgehead atoms. The maximum Gasteiger partial charge on any atom is 0.144 e. The summed E-state index contributed by atoms with van der Waals surface area (Å²) in [7, 11) is 0. The van der Waals surface area contributed by atoms with Gasteiger partial charge < -0.3 is 0 Å². The Morgan fingerprint density at radius 2 is 2.36 bits per heavy atom. The SMILES string of the molecule is Cc1ccc(/C(Cl)=C/C=O)s1. The maximum absolute atomic E-state index is 10.0. The zero-order chi connectivity index (χ0) is 8.27. The summed E-state index contributed by atoms with van der Waals surface area (Å²) in [4.78, 5) is 12.2. The van der Waals surface area contributed by atoms with E-state index in [1.165, 1.54) is 11.0 Å². The molecule has 58 valence electrons. The first kappa shape index (κ1) is 8.50. The highest BCUT2D eigenvalue weighted by molar-refractivity contribution is 7.13. The topological polar surface area (TPSA) is 17.1 Å². The summed E-state index contributed by atoms with van der Waals surface area (Å²) in [5.74, 6) is 0. The zero-order valence-electron chi connectivity index (χ0n) is 6.00. The maximum atomic E-state index is 10.0. The number of hydrogen-bond acceptors (Lipinski definition) is 2. The van der Waals surface area contributed by atoms with Crippen molar-refractivity contribution in [3.05, 3.63) is 28.0 Å². The van der Waals surface area contributed by atoms with Crippen LogP contribution >= 0.6 is 22.9 Å². The van der Waals surface area contributed by atoms with E-state index < -0.39 is 0 Å². The van der Waals surface area contributed by atoms with E-state index in [9.17, 15) is 4.79 Å². The summed E-state index contributed by atoms with van der Waals surface area (Å²) in [6.07, 6.45) is 2.05. The van der Waals surface area contributed by atoms with Crippen LogP contribution in [0.25, 0.3) is 5.03 Å². The Hall–Kier alpha value is -0.600. The van der Waals surface area contributed by atoms with Crippen LogP contribution < -0.4 is 0 Å². The summed E-state index contributed by atoms with van der Waals surface area (Å²) < 4.78 is 0. The van der Waals surface area contributed by atoms with E-state index in [1.54, 1.807) is 11.3 Å². The number of carbonyl (C=O) groups is 1. The van der Waals surface area contributed by atoms with Crippen LogP contribution in [0.2, 0.25) is 0 Å². The largest absolute Gasteiger partial charge is 0.299 e. The van der Waals surface area contributed by atoms with E-state index in [0.717, 1.165) is 4.88 Å². The smallest absolute Gasteiger partial charge is 0.144 e. The molecule has 11 heavy (non-hydrogen) atoms. The van der Waals surface area contributed by atoms with Gasteiger partial charge in [-0.05, 0) is 25.1 Å². The van der Waals surface area contributed by atoms with Gasteiger partial charge in [0.1, 0.15) is 6.29 Å². The number of halogens is 1. The molecule has 0 saturated carbocycles. The molecule has 0 aromatic carbocycles. The molecule has 0 aliphatic carbocycles. The van der Waals surface area contributed by atoms with E-state index >= 15 is 0 Å². The van der Waals surface area contributed by atoms with Crippen molar-refractivity contribution in [1.82, 2.24) is 0 Å². The highest BCUT2D eigenvalue weighted by Crippen LogP contribution is 2.25. The minimum Gasteiger partial charge on any atom is -0.299 e. The minimum absolute atomic E-state index is 0.512. The summed E-state index contributed by atoms with van der Waals surface area (Å²) in [6, 6.07) is 3.88. The summed E-state index contributed by atoms with van der Waals surface area (Å²) in [5, 5.41) is 0.512. The van der Waals surface area contributed by atoms with Crippen molar-refractivity contribution >= 4 is 34.3 Å². The summed E-state index contributed by atoms with van der Waals surface area (Å²) in [5.41, 5.74) is 0. The second-order valence-corrected chi connectivity index (χ2v) is 3.76. The van der Waals surface area contributed by atoms with Crippen molar-refractivity contribution in [2.75, 3.05) is 0 Å². The van der Waals surface area contributed by atoms with E-state index in [1.807, 2.05) is 19.1 Å². The normalized spacial score (nSPS) is 11.6. The fraction of sp³-hybridized carbons (Fsp3) is 0.125. The van der Waals surface area contributed by atoms with Gasteiger partial charge in [-0.1, -0.05) is 11.6 Å². The van der Waals surface area contributed by atoms with Crippen LogP contribution in [0.5, 0.6) is 0 Å². The van der Waals surface area contributed by atoms with Crippen molar-refractivity contribution in [3.8, 4) is 0 Å². The van der Waals surface area contributed by atoms with E-state index in [-0.39, 0.29) is 0 Å². The fourth-order valence-corrected chi connectivity index (χ4v) is 1.72. The van der Waals surface area contributed by atoms with E-state index in [2.05, 4.69) is 0 Å². The molecule has 3 heteroatoms. The van der Waals surface area contributed by atoms with Gasteiger partial charge in [0.2, 0.25) is 0 Å². The third-order valence-electron chi connectivity index (χ3n) is 1.19. The van der Waals surface area contributed by atoms with Crippen LogP contribution in [0.15, 0.2) is 18.2 Å². The van der Waals surface area contributed by atoms with Crippen molar-refractivity contribution in [3.63, 3.8) is 0 Å². The Morgan fingerprint density at radius 1 is 1.64 bits per heavy atom. The molecule has 1 aromatic rings. The lowest BCUT2D eigenvalue weighted by atomic mass is 10.4. The van der Waals surface area contributed by atoms with Crippen LogP contribution in [0, 0.1) is 6.92 Å². The molecular formula is C8H7ClOS. The molecule has 0 fully saturated rings. The molecule has 1 aromatic heterocycles. The van der Waals surface area contributed by atoms with Gasteiger partial charge in [-0.2, -0.15) is 0 Å². The van der Waals surface area contributed by atoms with Crippen molar-refractivity contribution in [1.29, 1.82) is 0 Å². The summed E-state index contributed by atoms with van der Waals surface area (Å²) >= 11 is 7.34. The number of rotatable bonds is 2. The highest BCUT2D eigenvalue weighted by atomic mass is 35.5. The molecule has 0 aliphatic rings. The molecule has 0 saturated heterocycles. The fourth-order valence-electron chi connectivity index (χ4n) is 0.705. The van der Waals surface area contributed by atoms with Gasteiger partial charge in [-0.25, -0.2) is 0 Å². The molecule has 0 radical (unpaired) electrons. The number of thiophene rings is 1. The molecule has 0 atom stereocenters. The number of hydrogen-bond donors (Lipinski definition) is 0. The van der Waals surface area contributed by atoms with Crippen LogP contribution in [-0.2, 0) is 4.79 Å². The second kappa shape index (κ2) is 3.69. The van der Waals surface area contributed by atoms with Gasteiger partial charge >= 0.3 is 0 Å². The van der Waals surface area contributed by atoms with Gasteiger partial charge in [-0.15, -0.1) is 11.3 Å². The van der Waals surface area contributed by atoms with Crippen molar-refractivity contribution < 1.29 is 4.79 Å². The Kier molecular flexibility index (Phi) is 2.85. The standard InChI is InChI=1S/C8H7ClOS/c1-6-2-3-8(11-6)7(9)4-5-10/h2-5H,1H3/b7-4-. The third-order valence-corrected chi connectivity index (χ3v) is 2.67. The van der Waals surface area contributed by atoms with E-state index in [0.29, 0.717) is 11.3 Å². The summed E-state index contributed by atoms with van der Waals surface area (Å²) in [6.45, 7) is 2.00. The molecule has 0 spiro atoms. The Labute approximate surface area is 74.3 Å². The molecule has 0 N–H and O–H groups in total. The van der Waals surface area contributed by atoms with Crippen molar-refractivity contribution in [2.45, 2.75) is 6.92 Å². The van der Waals surface area contributed by atoms with Gasteiger partial charge in [-0.3, -0.25) is 4.79 Å². The molecular weight excluding hydrogens is 180 g/mol. The quantitative estimate of drug-likeness (QED) is 0.513. The average Bonchev–Trinajstić information content (AvgIpc) is 2.36. The molecule has 0 unspecified atom stereocenters. The lowest BCUT2D eigenvalue weighted by Gasteiger charge is -1.87. The third kappa shape index (κ3) is 2.17. The lowest BCUT2D eigenvalue weighted by Crippen LogP contribution is -1.67. The molecule has 0 aliphatic heterocycles. The number of aryl methyl sites for hydroxylation is 1. The molecule has 0 amide bonds. The van der Waals surface area contributed by atoms with Crippen LogP contribution in [0.3, 0.4) is 0 Å². The lowest BCUT2D eigenvalue weighted by molar-refractivity contribution is -0.104. The second-order valence-electron chi connectivity index (χ2n) is 2.06. The Bertz CT molecular complexity index is 288. The van der Waals surface area contributed by atoms with Gasteiger partial charge in [0.05, 0.1) is 5.03 Å². The minimum atomic E-state index is 0.512. The predicted molar refractivity (Wildman–Crippen MR) is 49.0 cm³/mol. The first-order valence-electron chi connectivity index (χ1n) is 3.12. The number of allylic oxidation sites excluding steroid dienone is 1. The number of aldehydes is 1. The van der Waals surface area contributed by atoms with Crippen LogP contribution in [0.4, 0.5) is 0 Å². The molecule has 1 heterocycles. The Balaban J connectivity index is 2.93. The van der Waals surface area contributed by atoms with Gasteiger partial charge in [0.15, 0.2) is 0 Å². The first-order chi connectivity index (χ1) is 5.24. The monoisotopic (exact) mass is 186 g/mol. The molecule has 1 nitrogen and oxygen atoms in total. The van der Waals surface area contributed by atoms with Crippen LogP contribution in [-0.4, -0.2) is 6.29 Å². The van der Waals surface area contributed by atoms with Gasteiger partial charge in [0, 0.05) is 9.75 Å². The number of carbonyl (C=O) groups excluding carboxylic acids is 1.